The number of nitrogens with zero attached hydrogens (tertiary/aromatic N) is 2. The van der Waals surface area contributed by atoms with E-state index in [0.29, 0.717) is 0 Å². The highest BCUT2D eigenvalue weighted by Gasteiger charge is 2.41. The number of fused-ring (bicyclic) bond motifs is 8. The van der Waals surface area contributed by atoms with Crippen molar-refractivity contribution in [3.63, 3.8) is 0 Å². The first-order chi connectivity index (χ1) is 26.8. The van der Waals surface area contributed by atoms with Crippen LogP contribution >= 0.6 is 23.1 Å². The number of anilines is 5. The van der Waals surface area contributed by atoms with E-state index in [9.17, 15) is 0 Å². The molecule has 8 aromatic rings. The second-order valence-electron chi connectivity index (χ2n) is 14.7. The number of hydrogen-bond acceptors (Lipinski definition) is 5. The summed E-state index contributed by atoms with van der Waals surface area (Å²) in [4.78, 5) is 7.65. The first-order valence-electron chi connectivity index (χ1n) is 18.9. The maximum Gasteiger partial charge on any atom is 0.249 e. The second kappa shape index (κ2) is 11.9. The number of benzene rings is 7. The molecule has 4 aliphatic rings. The van der Waals surface area contributed by atoms with E-state index in [4.69, 9.17) is 4.74 Å². The lowest BCUT2D eigenvalue weighted by molar-refractivity contribution is 0.363. The quantitative estimate of drug-likeness (QED) is 0.168. The van der Waals surface area contributed by atoms with E-state index in [0.717, 1.165) is 30.0 Å². The van der Waals surface area contributed by atoms with Crippen LogP contribution in [0.3, 0.4) is 0 Å². The third-order valence-corrected chi connectivity index (χ3v) is 14.1. The number of allylic oxidation sites excluding steroid dienone is 2. The Hall–Kier alpha value is -5.69. The summed E-state index contributed by atoms with van der Waals surface area (Å²) in [5.41, 5.74) is 13.9. The van der Waals surface area contributed by atoms with E-state index in [1.807, 2.05) is 23.1 Å². The minimum Gasteiger partial charge on any atom is -0.458 e. The predicted molar refractivity (Wildman–Crippen MR) is 229 cm³/mol. The molecule has 256 valence electrons. The van der Waals surface area contributed by atoms with E-state index < -0.39 is 0 Å². The van der Waals surface area contributed by atoms with Crippen LogP contribution in [-0.2, 0) is 0 Å². The maximum absolute atomic E-state index is 6.55. The van der Waals surface area contributed by atoms with Gasteiger partial charge in [-0.3, -0.25) is 0 Å². The molecule has 1 aromatic heterocycles. The number of rotatable bonds is 3. The van der Waals surface area contributed by atoms with Crippen LogP contribution < -0.4 is 30.9 Å². The van der Waals surface area contributed by atoms with Gasteiger partial charge in [0.1, 0.15) is 5.76 Å². The first-order valence-corrected chi connectivity index (χ1v) is 20.6. The Labute approximate surface area is 323 Å². The van der Waals surface area contributed by atoms with Crippen LogP contribution in [0.15, 0.2) is 173 Å². The fourth-order valence-electron chi connectivity index (χ4n) is 9.32. The molecule has 7 aromatic carbocycles. The summed E-state index contributed by atoms with van der Waals surface area (Å²) in [6.07, 6.45) is 4.33. The topological polar surface area (TPSA) is 15.7 Å². The molecule has 0 radical (unpaired) electrons. The van der Waals surface area contributed by atoms with Gasteiger partial charge in [0.25, 0.3) is 0 Å². The molecular formula is C48H33BN2OS2. The highest BCUT2D eigenvalue weighted by molar-refractivity contribution is 8.00. The number of ether oxygens (including phenoxy) is 1. The Kier molecular flexibility index (Phi) is 6.78. The van der Waals surface area contributed by atoms with Gasteiger partial charge in [0.15, 0.2) is 5.75 Å². The van der Waals surface area contributed by atoms with Gasteiger partial charge < -0.3 is 14.5 Å². The molecule has 0 unspecified atom stereocenters. The summed E-state index contributed by atoms with van der Waals surface area (Å²) < 4.78 is 9.24. The third kappa shape index (κ3) is 4.50. The normalized spacial score (nSPS) is 15.4. The molecule has 0 amide bonds. The van der Waals surface area contributed by atoms with Crippen molar-refractivity contribution in [1.29, 1.82) is 0 Å². The van der Waals surface area contributed by atoms with Crippen molar-refractivity contribution in [1.82, 2.24) is 0 Å². The van der Waals surface area contributed by atoms with E-state index in [-0.39, 0.29) is 6.71 Å². The lowest BCUT2D eigenvalue weighted by Gasteiger charge is -2.42. The van der Waals surface area contributed by atoms with Gasteiger partial charge in [-0.15, -0.1) is 11.3 Å². The fourth-order valence-corrected chi connectivity index (χ4v) is 11.7. The molecule has 0 saturated carbocycles. The Morgan fingerprint density at radius 1 is 0.556 bits per heavy atom. The number of thiophene rings is 1. The molecule has 0 N–H and O–H groups in total. The Morgan fingerprint density at radius 3 is 2.33 bits per heavy atom. The summed E-state index contributed by atoms with van der Waals surface area (Å²) in [6.45, 7) is 0.0967. The third-order valence-electron chi connectivity index (χ3n) is 11.7. The van der Waals surface area contributed by atoms with E-state index in [2.05, 4.69) is 161 Å². The molecule has 6 heteroatoms. The van der Waals surface area contributed by atoms with Gasteiger partial charge in [-0.25, -0.2) is 0 Å². The minimum atomic E-state index is 0.0967. The van der Waals surface area contributed by atoms with Crippen molar-refractivity contribution in [2.45, 2.75) is 35.5 Å². The summed E-state index contributed by atoms with van der Waals surface area (Å²) in [5.74, 6) is 2.05. The molecule has 3 nitrogen and oxygen atoms in total. The van der Waals surface area contributed by atoms with Gasteiger partial charge in [-0.2, -0.15) is 0 Å². The van der Waals surface area contributed by atoms with Crippen LogP contribution in [-0.4, -0.2) is 6.71 Å². The van der Waals surface area contributed by atoms with Crippen LogP contribution in [0.4, 0.5) is 28.4 Å². The monoisotopic (exact) mass is 728 g/mol. The predicted octanol–water partition coefficient (Wildman–Crippen LogP) is 11.8. The molecule has 0 bridgehead atoms. The van der Waals surface area contributed by atoms with Crippen LogP contribution in [0, 0.1) is 0 Å². The molecule has 1 aliphatic carbocycles. The van der Waals surface area contributed by atoms with Gasteiger partial charge in [0.05, 0.1) is 11.4 Å². The molecule has 4 heterocycles. The summed E-state index contributed by atoms with van der Waals surface area (Å²) in [7, 11) is 0. The molecule has 12 rings (SSSR count). The van der Waals surface area contributed by atoms with E-state index in [1.165, 1.54) is 98.8 Å². The van der Waals surface area contributed by atoms with Crippen molar-refractivity contribution < 1.29 is 4.74 Å². The van der Waals surface area contributed by atoms with Crippen molar-refractivity contribution >= 4 is 94.8 Å². The van der Waals surface area contributed by atoms with Crippen molar-refractivity contribution in [2.24, 2.45) is 0 Å². The number of para-hydroxylation sites is 3. The molecule has 0 saturated heterocycles. The zero-order valence-electron chi connectivity index (χ0n) is 29.5. The van der Waals surface area contributed by atoms with Crippen molar-refractivity contribution in [3.8, 4) is 16.9 Å². The smallest absolute Gasteiger partial charge is 0.249 e. The first kappa shape index (κ1) is 30.7. The Morgan fingerprint density at radius 2 is 1.37 bits per heavy atom. The zero-order chi connectivity index (χ0) is 35.3. The fraction of sp³-hybridized carbons (Fsp3) is 0.0833. The molecule has 3 aliphatic heterocycles. The summed E-state index contributed by atoms with van der Waals surface area (Å²) in [6, 6.07) is 56.4. The highest BCUT2D eigenvalue weighted by atomic mass is 32.2. The average molecular weight is 729 g/mol. The van der Waals surface area contributed by atoms with Gasteiger partial charge in [-0.05, 0) is 102 Å². The number of hydrogen-bond donors (Lipinski definition) is 0. The second-order valence-corrected chi connectivity index (χ2v) is 16.8. The standard InChI is InChI=1S/C48H33BN2OS2/c1-2-12-31(13-3-1)50-40-19-11-23-46-47(40)49(36-26-25-32(29-41(36)50)51-38-17-5-7-20-42(38)52-43-21-8-6-18-39(43)51)37-28-30(24-27-45(37)53-46)33-15-10-16-35-34-14-4-9-22-44(34)54-48(33)35/h1-5,7,9-17,19-20,22-29H,6,8,18,21H2. The van der Waals surface area contributed by atoms with Crippen LogP contribution in [0.1, 0.15) is 25.7 Å². The molecule has 54 heavy (non-hydrogen) atoms. The Bertz CT molecular complexity index is 2880. The molecule has 0 atom stereocenters. The van der Waals surface area contributed by atoms with Gasteiger partial charge in [0, 0.05) is 59.1 Å². The highest BCUT2D eigenvalue weighted by Crippen LogP contribution is 2.49. The molecule has 0 spiro atoms. The van der Waals surface area contributed by atoms with Crippen LogP contribution in [0.2, 0.25) is 0 Å². The van der Waals surface area contributed by atoms with Gasteiger partial charge in [-0.1, -0.05) is 108 Å². The van der Waals surface area contributed by atoms with Gasteiger partial charge >= 0.3 is 0 Å². The van der Waals surface area contributed by atoms with Crippen molar-refractivity contribution in [2.75, 3.05) is 9.80 Å². The maximum atomic E-state index is 6.55. The lowest BCUT2D eigenvalue weighted by Crippen LogP contribution is -2.59. The molecule has 0 fully saturated rings. The average Bonchev–Trinajstić information content (AvgIpc) is 3.62. The summed E-state index contributed by atoms with van der Waals surface area (Å²) in [5, 5.41) is 2.67. The summed E-state index contributed by atoms with van der Waals surface area (Å²) >= 11 is 3.82. The van der Waals surface area contributed by atoms with Crippen molar-refractivity contribution in [3.05, 3.63) is 163 Å². The molecular weight excluding hydrogens is 695 g/mol. The Balaban J connectivity index is 1.08. The van der Waals surface area contributed by atoms with Crippen LogP contribution in [0.5, 0.6) is 5.75 Å². The van der Waals surface area contributed by atoms with E-state index >= 15 is 0 Å². The minimum absolute atomic E-state index is 0.0967. The van der Waals surface area contributed by atoms with Crippen LogP contribution in [0.25, 0.3) is 31.3 Å². The lowest BCUT2D eigenvalue weighted by atomic mass is 9.34. The largest absolute Gasteiger partial charge is 0.458 e. The van der Waals surface area contributed by atoms with E-state index in [1.54, 1.807) is 0 Å². The zero-order valence-corrected chi connectivity index (χ0v) is 31.1. The SMILES string of the molecule is c1ccc(N2c3cc(N4C5=C(CCCC5)Oc5ccccc54)ccc3B3c4cc(-c5cccc6c5sc5ccccc56)ccc4Sc4cccc2c43)cc1. The van der Waals surface area contributed by atoms with Gasteiger partial charge in [0.2, 0.25) is 6.71 Å².